The van der Waals surface area contributed by atoms with E-state index >= 15 is 0 Å². The van der Waals surface area contributed by atoms with E-state index in [0.717, 1.165) is 6.42 Å². The zero-order chi connectivity index (χ0) is 11.8. The molecule has 0 aliphatic rings. The fraction of sp³-hybridized carbons (Fsp3) is 0.429. The van der Waals surface area contributed by atoms with Crippen molar-refractivity contribution in [1.29, 1.82) is 0 Å². The van der Waals surface area contributed by atoms with Crippen molar-refractivity contribution in [2.24, 2.45) is 0 Å². The van der Waals surface area contributed by atoms with Crippen molar-refractivity contribution in [3.63, 3.8) is 0 Å². The molecule has 15 heavy (non-hydrogen) atoms. The van der Waals surface area contributed by atoms with Crippen LogP contribution in [0.3, 0.4) is 0 Å². The van der Waals surface area contributed by atoms with Gasteiger partial charge in [-0.25, -0.2) is 0 Å². The summed E-state index contributed by atoms with van der Waals surface area (Å²) in [6.07, 6.45) is 0.889. The summed E-state index contributed by atoms with van der Waals surface area (Å²) in [5.74, 6) is 0.345. The van der Waals surface area contributed by atoms with Gasteiger partial charge in [-0.1, -0.05) is 51.6 Å². The van der Waals surface area contributed by atoms with Crippen LogP contribution in [0.4, 0.5) is 0 Å². The highest BCUT2D eigenvalue weighted by molar-refractivity contribution is 5.32. The van der Waals surface area contributed by atoms with Crippen molar-refractivity contribution < 1.29 is 5.11 Å². The van der Waals surface area contributed by atoms with E-state index in [9.17, 15) is 5.11 Å². The van der Waals surface area contributed by atoms with Crippen LogP contribution in [0.15, 0.2) is 36.6 Å². The van der Waals surface area contributed by atoms with Crippen molar-refractivity contribution >= 4 is 0 Å². The fourth-order valence-electron chi connectivity index (χ4n) is 1.61. The minimum Gasteiger partial charge on any atom is -0.512 e. The molecule has 0 heterocycles. The third-order valence-electron chi connectivity index (χ3n) is 2.37. The molecule has 84 valence electrons. The molecule has 0 spiro atoms. The minimum absolute atomic E-state index is 0.0844. The third kappa shape index (κ3) is 3.78. The summed E-state index contributed by atoms with van der Waals surface area (Å²) in [5, 5.41) is 9.40. The standard InChI is InChI=1S/C12H16O.C2H6/c1-4-11(10(3)13)12-8-6-5-7-9(12)2;1-2/h5-8,11,13H,3-4H2,1-2H3;1-2H3. The van der Waals surface area contributed by atoms with Gasteiger partial charge >= 0.3 is 0 Å². The van der Waals surface area contributed by atoms with Crippen LogP contribution < -0.4 is 0 Å². The predicted octanol–water partition coefficient (Wildman–Crippen LogP) is 4.59. The molecule has 0 fully saturated rings. The molecule has 0 saturated heterocycles. The molecule has 0 aliphatic carbocycles. The van der Waals surface area contributed by atoms with Gasteiger partial charge in [-0.05, 0) is 24.5 Å². The van der Waals surface area contributed by atoms with E-state index < -0.39 is 0 Å². The van der Waals surface area contributed by atoms with Gasteiger partial charge in [0.25, 0.3) is 0 Å². The molecular weight excluding hydrogens is 184 g/mol. The Bertz CT molecular complexity index is 302. The molecule has 1 nitrogen and oxygen atoms in total. The first kappa shape index (κ1) is 13.8. The quantitative estimate of drug-likeness (QED) is 0.717. The Balaban J connectivity index is 0.000000921. The first-order chi connectivity index (χ1) is 7.16. The van der Waals surface area contributed by atoms with Gasteiger partial charge in [0.05, 0.1) is 5.76 Å². The summed E-state index contributed by atoms with van der Waals surface area (Å²) in [5.41, 5.74) is 2.39. The van der Waals surface area contributed by atoms with E-state index in [2.05, 4.69) is 26.5 Å². The number of rotatable bonds is 3. The Morgan fingerprint density at radius 2 is 1.87 bits per heavy atom. The maximum atomic E-state index is 9.40. The smallest absolute Gasteiger partial charge is 0.0925 e. The predicted molar refractivity (Wildman–Crippen MR) is 67.3 cm³/mol. The Labute approximate surface area is 93.5 Å². The van der Waals surface area contributed by atoms with Crippen molar-refractivity contribution in [2.45, 2.75) is 40.0 Å². The minimum atomic E-state index is 0.0844. The van der Waals surface area contributed by atoms with Crippen LogP contribution in [0.5, 0.6) is 0 Å². The van der Waals surface area contributed by atoms with E-state index in [1.54, 1.807) is 0 Å². The van der Waals surface area contributed by atoms with Gasteiger partial charge < -0.3 is 5.11 Å². The first-order valence-electron chi connectivity index (χ1n) is 5.60. The maximum Gasteiger partial charge on any atom is 0.0925 e. The van der Waals surface area contributed by atoms with Gasteiger partial charge in [0.2, 0.25) is 0 Å². The second-order valence-corrected chi connectivity index (χ2v) is 3.31. The van der Waals surface area contributed by atoms with Crippen molar-refractivity contribution in [3.05, 3.63) is 47.7 Å². The van der Waals surface area contributed by atoms with Crippen LogP contribution in [0.25, 0.3) is 0 Å². The number of aliphatic hydroxyl groups excluding tert-OH is 1. The Kier molecular flexibility index (Phi) is 6.52. The van der Waals surface area contributed by atoms with E-state index in [0.29, 0.717) is 0 Å². The van der Waals surface area contributed by atoms with Crippen LogP contribution in [0, 0.1) is 6.92 Å². The average Bonchev–Trinajstić information content (AvgIpc) is 2.24. The van der Waals surface area contributed by atoms with Crippen molar-refractivity contribution in [1.82, 2.24) is 0 Å². The molecule has 0 radical (unpaired) electrons. The maximum absolute atomic E-state index is 9.40. The molecule has 1 rings (SSSR count). The summed E-state index contributed by atoms with van der Waals surface area (Å²) in [6, 6.07) is 8.10. The molecule has 0 saturated carbocycles. The molecule has 1 aromatic carbocycles. The Morgan fingerprint density at radius 3 is 2.27 bits per heavy atom. The molecule has 1 atom stereocenters. The van der Waals surface area contributed by atoms with Gasteiger partial charge in [-0.15, -0.1) is 0 Å². The van der Waals surface area contributed by atoms with Gasteiger partial charge in [-0.2, -0.15) is 0 Å². The van der Waals surface area contributed by atoms with Crippen LogP contribution >= 0.6 is 0 Å². The second-order valence-electron chi connectivity index (χ2n) is 3.31. The number of benzene rings is 1. The highest BCUT2D eigenvalue weighted by Crippen LogP contribution is 2.27. The lowest BCUT2D eigenvalue weighted by atomic mass is 9.91. The summed E-state index contributed by atoms with van der Waals surface area (Å²) < 4.78 is 0. The highest BCUT2D eigenvalue weighted by Gasteiger charge is 2.13. The Morgan fingerprint density at radius 1 is 1.33 bits per heavy atom. The zero-order valence-electron chi connectivity index (χ0n) is 10.2. The van der Waals surface area contributed by atoms with Gasteiger partial charge in [-0.3, -0.25) is 0 Å². The number of allylic oxidation sites excluding steroid dienone is 1. The van der Waals surface area contributed by atoms with E-state index in [4.69, 9.17) is 0 Å². The first-order valence-corrected chi connectivity index (χ1v) is 5.60. The SMILES string of the molecule is C=C(O)C(CC)c1ccccc1C.CC. The van der Waals surface area contributed by atoms with Gasteiger partial charge in [0, 0.05) is 5.92 Å². The summed E-state index contributed by atoms with van der Waals surface area (Å²) >= 11 is 0. The molecule has 1 unspecified atom stereocenters. The molecule has 0 aliphatic heterocycles. The van der Waals surface area contributed by atoms with Crippen molar-refractivity contribution in [2.75, 3.05) is 0 Å². The van der Waals surface area contributed by atoms with E-state index in [1.165, 1.54) is 11.1 Å². The monoisotopic (exact) mass is 206 g/mol. The lowest BCUT2D eigenvalue weighted by Crippen LogP contribution is -2.01. The molecule has 0 amide bonds. The highest BCUT2D eigenvalue weighted by atomic mass is 16.3. The molecule has 0 aromatic heterocycles. The third-order valence-corrected chi connectivity index (χ3v) is 2.37. The second kappa shape index (κ2) is 7.10. The Hall–Kier alpha value is -1.24. The largest absolute Gasteiger partial charge is 0.512 e. The van der Waals surface area contributed by atoms with Gasteiger partial charge in [0.1, 0.15) is 0 Å². The molecule has 0 bridgehead atoms. The van der Waals surface area contributed by atoms with E-state index in [1.807, 2.05) is 32.0 Å². The molecule has 1 aromatic rings. The van der Waals surface area contributed by atoms with Crippen LogP contribution in [0.1, 0.15) is 44.2 Å². The van der Waals surface area contributed by atoms with E-state index in [-0.39, 0.29) is 11.7 Å². The van der Waals surface area contributed by atoms with Gasteiger partial charge in [0.15, 0.2) is 0 Å². The lowest BCUT2D eigenvalue weighted by molar-refractivity contribution is 0.366. The van der Waals surface area contributed by atoms with Crippen LogP contribution in [0.2, 0.25) is 0 Å². The van der Waals surface area contributed by atoms with Crippen LogP contribution in [-0.4, -0.2) is 5.11 Å². The number of hydrogen-bond donors (Lipinski definition) is 1. The zero-order valence-corrected chi connectivity index (χ0v) is 10.2. The fourth-order valence-corrected chi connectivity index (χ4v) is 1.61. The normalized spacial score (nSPS) is 11.2. The average molecular weight is 206 g/mol. The number of aliphatic hydroxyl groups is 1. The number of hydrogen-bond acceptors (Lipinski definition) is 1. The van der Waals surface area contributed by atoms with Crippen molar-refractivity contribution in [3.8, 4) is 0 Å². The molecule has 1 heteroatoms. The molecule has 1 N–H and O–H groups in total. The topological polar surface area (TPSA) is 20.2 Å². The summed E-state index contributed by atoms with van der Waals surface area (Å²) in [7, 11) is 0. The number of aryl methyl sites for hydroxylation is 1. The van der Waals surface area contributed by atoms with Crippen LogP contribution in [-0.2, 0) is 0 Å². The molecular formula is C14H22O. The summed E-state index contributed by atoms with van der Waals surface area (Å²) in [6.45, 7) is 11.7. The summed E-state index contributed by atoms with van der Waals surface area (Å²) in [4.78, 5) is 0. The lowest BCUT2D eigenvalue weighted by Gasteiger charge is -2.15.